The van der Waals surface area contributed by atoms with E-state index in [9.17, 15) is 4.79 Å². The molecule has 3 aromatic rings. The lowest BCUT2D eigenvalue weighted by atomic mass is 10.0. The molecule has 166 valence electrons. The average Bonchev–Trinajstić information content (AvgIpc) is 3.16. The molecule has 1 amide bonds. The monoisotopic (exact) mass is 499 g/mol. The zero-order chi connectivity index (χ0) is 22.7. The molecule has 4 heterocycles. The largest absolute Gasteiger partial charge is 0.452 e. The first kappa shape index (κ1) is 21.9. The Labute approximate surface area is 193 Å². The molecule has 32 heavy (non-hydrogen) atoms. The number of aromatic nitrogens is 5. The first-order valence-electron chi connectivity index (χ1n) is 10.1. The van der Waals surface area contributed by atoms with Crippen molar-refractivity contribution in [3.05, 3.63) is 53.4 Å². The quantitative estimate of drug-likeness (QED) is 0.505. The number of pyridine rings is 1. The van der Waals surface area contributed by atoms with Crippen molar-refractivity contribution in [3.8, 4) is 11.5 Å². The number of cyclic esters (lactones) is 1. The summed E-state index contributed by atoms with van der Waals surface area (Å²) in [6.07, 6.45) is 7.66. The molecule has 0 aliphatic carbocycles. The minimum absolute atomic E-state index is 0.0704. The van der Waals surface area contributed by atoms with Crippen LogP contribution in [0.2, 0.25) is 0 Å². The van der Waals surface area contributed by atoms with Crippen LogP contribution in [-0.4, -0.2) is 43.7 Å². The zero-order valence-corrected chi connectivity index (χ0v) is 19.4. The van der Waals surface area contributed by atoms with Gasteiger partial charge in [-0.05, 0) is 40.9 Å². The molecule has 1 aliphatic heterocycles. The van der Waals surface area contributed by atoms with Gasteiger partial charge in [0.15, 0.2) is 11.6 Å². The number of nitrogens with one attached hydrogen (secondary N) is 1. The molecule has 1 saturated heterocycles. The summed E-state index contributed by atoms with van der Waals surface area (Å²) >= 11 is 3.36. The van der Waals surface area contributed by atoms with E-state index >= 15 is 0 Å². The molecule has 1 N–H and O–H groups in total. The van der Waals surface area contributed by atoms with E-state index in [0.717, 1.165) is 4.47 Å². The minimum Gasteiger partial charge on any atom is -0.452 e. The summed E-state index contributed by atoms with van der Waals surface area (Å²) < 4.78 is 11.7. The highest BCUT2D eigenvalue weighted by atomic mass is 79.9. The summed E-state index contributed by atoms with van der Waals surface area (Å²) in [7, 11) is 0. The molecule has 3 aromatic heterocycles. The highest BCUT2D eigenvalue weighted by molar-refractivity contribution is 9.10. The summed E-state index contributed by atoms with van der Waals surface area (Å²) in [5.41, 5.74) is 0. The normalized spacial score (nSPS) is 16.7. The number of halogens is 1. The first-order valence-corrected chi connectivity index (χ1v) is 10.9. The maximum absolute atomic E-state index is 12.2. The number of anilines is 2. The Hall–Kier alpha value is -3.34. The molecule has 1 fully saturated rings. The maximum atomic E-state index is 12.2. The fraction of sp³-hybridized carbons (Fsp3) is 0.333. The zero-order valence-electron chi connectivity index (χ0n) is 17.8. The Balaban J connectivity index is 1.44. The first-order chi connectivity index (χ1) is 15.4. The van der Waals surface area contributed by atoms with E-state index in [4.69, 9.17) is 9.47 Å². The summed E-state index contributed by atoms with van der Waals surface area (Å²) in [5.74, 6) is 2.69. The van der Waals surface area contributed by atoms with E-state index in [-0.39, 0.29) is 18.0 Å². The van der Waals surface area contributed by atoms with Crippen molar-refractivity contribution < 1.29 is 14.3 Å². The van der Waals surface area contributed by atoms with Gasteiger partial charge in [0.25, 0.3) is 0 Å². The second-order valence-electron chi connectivity index (χ2n) is 7.58. The van der Waals surface area contributed by atoms with Gasteiger partial charge >= 0.3 is 6.09 Å². The summed E-state index contributed by atoms with van der Waals surface area (Å²) in [5, 5.41) is 3.17. The van der Waals surface area contributed by atoms with E-state index < -0.39 is 6.09 Å². The Kier molecular flexibility index (Phi) is 6.45. The van der Waals surface area contributed by atoms with Gasteiger partial charge in [-0.15, -0.1) is 0 Å². The highest BCUT2D eigenvalue weighted by Gasteiger charge is 2.37. The van der Waals surface area contributed by atoms with Crippen LogP contribution in [0.1, 0.15) is 32.6 Å². The minimum atomic E-state index is -0.402. The summed E-state index contributed by atoms with van der Waals surface area (Å²) in [6.45, 7) is 6.32. The fourth-order valence-corrected chi connectivity index (χ4v) is 3.53. The van der Waals surface area contributed by atoms with E-state index in [2.05, 4.69) is 46.2 Å². The molecular weight excluding hydrogens is 478 g/mol. The van der Waals surface area contributed by atoms with Crippen LogP contribution in [0.25, 0.3) is 0 Å². The van der Waals surface area contributed by atoms with Crippen molar-refractivity contribution >= 4 is 33.8 Å². The van der Waals surface area contributed by atoms with Crippen LogP contribution in [0, 0.1) is 5.92 Å². The fourth-order valence-electron chi connectivity index (χ4n) is 3.19. The number of hydrogen-bond acceptors (Lipinski definition) is 9. The Morgan fingerprint density at radius 2 is 1.94 bits per heavy atom. The number of ether oxygens (including phenoxy) is 2. The molecule has 1 aliphatic rings. The molecule has 0 spiro atoms. The molecule has 0 bridgehead atoms. The van der Waals surface area contributed by atoms with Crippen molar-refractivity contribution in [2.24, 2.45) is 5.92 Å². The lowest BCUT2D eigenvalue weighted by Crippen LogP contribution is -2.37. The van der Waals surface area contributed by atoms with Gasteiger partial charge in [-0.3, -0.25) is 9.88 Å². The molecular formula is C21H22BrN7O3. The second-order valence-corrected chi connectivity index (χ2v) is 8.50. The van der Waals surface area contributed by atoms with Crippen molar-refractivity contribution in [2.75, 3.05) is 16.8 Å². The third-order valence-electron chi connectivity index (χ3n) is 4.86. The Morgan fingerprint density at radius 3 is 2.66 bits per heavy atom. The number of hydrogen-bond donors (Lipinski definition) is 1. The Bertz CT molecular complexity index is 1100. The van der Waals surface area contributed by atoms with Crippen LogP contribution in [0.3, 0.4) is 0 Å². The molecule has 11 heteroatoms. The molecule has 0 saturated carbocycles. The van der Waals surface area contributed by atoms with E-state index in [0.29, 0.717) is 35.7 Å². The van der Waals surface area contributed by atoms with Gasteiger partial charge in [-0.2, -0.15) is 4.98 Å². The number of amides is 1. The van der Waals surface area contributed by atoms with Crippen LogP contribution in [0.4, 0.5) is 16.6 Å². The van der Waals surface area contributed by atoms with Crippen molar-refractivity contribution in [1.82, 2.24) is 24.9 Å². The van der Waals surface area contributed by atoms with Crippen LogP contribution in [-0.2, 0) is 4.74 Å². The number of rotatable bonds is 7. The predicted molar refractivity (Wildman–Crippen MR) is 121 cm³/mol. The van der Waals surface area contributed by atoms with Gasteiger partial charge in [0.05, 0.1) is 30.7 Å². The predicted octanol–water partition coefficient (Wildman–Crippen LogP) is 4.37. The third-order valence-corrected chi connectivity index (χ3v) is 5.29. The molecule has 0 radical (unpaired) electrons. The second kappa shape index (κ2) is 9.43. The smallest absolute Gasteiger partial charge is 0.415 e. The standard InChI is InChI=1S/C21H22BrN7O3/c1-12(2)17-11-31-21(30)29(17)18-4-5-24-20(28-18)27-13(3)19-25-9-16(10-26-19)32-15-6-14(22)7-23-8-15/h4-10,12-13,17H,11H2,1-3H3,(H,24,27,28). The molecule has 2 unspecified atom stereocenters. The van der Waals surface area contributed by atoms with Crippen molar-refractivity contribution in [3.63, 3.8) is 0 Å². The highest BCUT2D eigenvalue weighted by Crippen LogP contribution is 2.27. The van der Waals surface area contributed by atoms with Gasteiger partial charge < -0.3 is 14.8 Å². The SMILES string of the molecule is CC(Nc1nccc(N2C(=O)OCC2C(C)C)n1)c1ncc(Oc2cncc(Br)c2)cn1. The van der Waals surface area contributed by atoms with Gasteiger partial charge in [0, 0.05) is 16.9 Å². The van der Waals surface area contributed by atoms with Gasteiger partial charge in [-0.25, -0.2) is 19.7 Å². The molecule has 2 atom stereocenters. The van der Waals surface area contributed by atoms with Crippen LogP contribution in [0.15, 0.2) is 47.6 Å². The lowest BCUT2D eigenvalue weighted by Gasteiger charge is -2.23. The van der Waals surface area contributed by atoms with E-state index in [1.807, 2.05) is 20.8 Å². The van der Waals surface area contributed by atoms with E-state index in [1.54, 1.807) is 48.0 Å². The lowest BCUT2D eigenvalue weighted by molar-refractivity contribution is 0.177. The van der Waals surface area contributed by atoms with Crippen LogP contribution >= 0.6 is 15.9 Å². The van der Waals surface area contributed by atoms with Gasteiger partial charge in [0.2, 0.25) is 5.95 Å². The third kappa shape index (κ3) is 4.93. The summed E-state index contributed by atoms with van der Waals surface area (Å²) in [6, 6.07) is 3.14. The number of nitrogens with zero attached hydrogens (tertiary/aromatic N) is 6. The molecule has 4 rings (SSSR count). The average molecular weight is 500 g/mol. The summed E-state index contributed by atoms with van der Waals surface area (Å²) in [4.78, 5) is 35.3. The molecule has 10 nitrogen and oxygen atoms in total. The number of carbonyl (C=O) groups is 1. The maximum Gasteiger partial charge on any atom is 0.415 e. The number of carbonyl (C=O) groups excluding carboxylic acids is 1. The van der Waals surface area contributed by atoms with Crippen LogP contribution < -0.4 is 15.0 Å². The van der Waals surface area contributed by atoms with Gasteiger partial charge in [-0.1, -0.05) is 13.8 Å². The van der Waals surface area contributed by atoms with Gasteiger partial charge in [0.1, 0.15) is 18.2 Å². The Morgan fingerprint density at radius 1 is 1.16 bits per heavy atom. The van der Waals surface area contributed by atoms with Crippen molar-refractivity contribution in [1.29, 1.82) is 0 Å². The van der Waals surface area contributed by atoms with Crippen molar-refractivity contribution in [2.45, 2.75) is 32.9 Å². The topological polar surface area (TPSA) is 115 Å². The van der Waals surface area contributed by atoms with E-state index in [1.165, 1.54) is 0 Å². The molecule has 0 aromatic carbocycles. The van der Waals surface area contributed by atoms with Crippen LogP contribution in [0.5, 0.6) is 11.5 Å².